The molecule has 0 aromatic heterocycles. The van der Waals surface area contributed by atoms with E-state index in [4.69, 9.17) is 21.0 Å². The molecule has 0 aromatic carbocycles. The lowest BCUT2D eigenvalue weighted by molar-refractivity contribution is 0.463. The van der Waals surface area contributed by atoms with Crippen molar-refractivity contribution in [2.24, 2.45) is 11.3 Å². The predicted molar refractivity (Wildman–Crippen MR) is 70.7 cm³/mol. The van der Waals surface area contributed by atoms with E-state index in [1.54, 1.807) is 36.4 Å². The highest BCUT2D eigenvalue weighted by molar-refractivity contribution is 5.27. The quantitative estimate of drug-likeness (QED) is 0.534. The van der Waals surface area contributed by atoms with Crippen LogP contribution >= 0.6 is 0 Å². The first-order chi connectivity index (χ1) is 9.20. The van der Waals surface area contributed by atoms with Crippen LogP contribution < -0.4 is 0 Å². The predicted octanol–water partition coefficient (Wildman–Crippen LogP) is 3.15. The Morgan fingerprint density at radius 1 is 0.947 bits per heavy atom. The van der Waals surface area contributed by atoms with Gasteiger partial charge in [0, 0.05) is 0 Å². The van der Waals surface area contributed by atoms with Crippen molar-refractivity contribution >= 4 is 0 Å². The molecular formula is C15H14N4. The van der Waals surface area contributed by atoms with Gasteiger partial charge in [0.05, 0.1) is 24.3 Å². The van der Waals surface area contributed by atoms with Gasteiger partial charge in [-0.05, 0) is 19.8 Å². The van der Waals surface area contributed by atoms with Gasteiger partial charge >= 0.3 is 0 Å². The standard InChI is InChI=1S/C15H14N4/c1-2-3-4-5-6-7-8-9-15(12-18,13-19)14(10-16)11-17/h2-5,7-8,14H,6,9H2,1H3/b3-2+,5-4+,8-7+. The summed E-state index contributed by atoms with van der Waals surface area (Å²) in [4.78, 5) is 0. The summed E-state index contributed by atoms with van der Waals surface area (Å²) >= 11 is 0. The van der Waals surface area contributed by atoms with Gasteiger partial charge in [0.1, 0.15) is 0 Å². The van der Waals surface area contributed by atoms with E-state index in [1.165, 1.54) is 0 Å². The molecule has 0 fully saturated rings. The van der Waals surface area contributed by atoms with Crippen molar-refractivity contribution in [2.75, 3.05) is 0 Å². The molecule has 0 N–H and O–H groups in total. The maximum atomic E-state index is 9.05. The molecule has 4 nitrogen and oxygen atoms in total. The molecule has 0 unspecified atom stereocenters. The van der Waals surface area contributed by atoms with Gasteiger partial charge in [-0.3, -0.25) is 0 Å². The minimum Gasteiger partial charge on any atom is -0.197 e. The van der Waals surface area contributed by atoms with Gasteiger partial charge in [0.2, 0.25) is 0 Å². The number of hydrogen-bond donors (Lipinski definition) is 0. The molecular weight excluding hydrogens is 236 g/mol. The Morgan fingerprint density at radius 3 is 2.05 bits per heavy atom. The van der Waals surface area contributed by atoms with Gasteiger partial charge in [-0.1, -0.05) is 36.5 Å². The lowest BCUT2D eigenvalue weighted by Gasteiger charge is -2.16. The number of allylic oxidation sites excluding steroid dienone is 6. The molecule has 0 radical (unpaired) electrons. The van der Waals surface area contributed by atoms with Crippen molar-refractivity contribution < 1.29 is 0 Å². The number of nitrogens with zero attached hydrogens (tertiary/aromatic N) is 4. The van der Waals surface area contributed by atoms with Crippen LogP contribution in [0.1, 0.15) is 19.8 Å². The molecule has 0 aromatic rings. The zero-order valence-electron chi connectivity index (χ0n) is 10.7. The number of hydrogen-bond acceptors (Lipinski definition) is 4. The van der Waals surface area contributed by atoms with E-state index in [2.05, 4.69) is 0 Å². The second kappa shape index (κ2) is 9.23. The van der Waals surface area contributed by atoms with Crippen LogP contribution in [0.15, 0.2) is 36.5 Å². The summed E-state index contributed by atoms with van der Waals surface area (Å²) in [5.41, 5.74) is -1.59. The third-order valence-electron chi connectivity index (χ3n) is 2.47. The van der Waals surface area contributed by atoms with E-state index in [-0.39, 0.29) is 6.42 Å². The van der Waals surface area contributed by atoms with Crippen molar-refractivity contribution in [3.05, 3.63) is 36.5 Å². The summed E-state index contributed by atoms with van der Waals surface area (Å²) in [6.07, 6.45) is 11.8. The van der Waals surface area contributed by atoms with E-state index in [0.29, 0.717) is 6.42 Å². The van der Waals surface area contributed by atoms with Crippen molar-refractivity contribution in [2.45, 2.75) is 19.8 Å². The molecule has 0 amide bonds. The van der Waals surface area contributed by atoms with E-state index >= 15 is 0 Å². The molecule has 0 saturated carbocycles. The van der Waals surface area contributed by atoms with Crippen molar-refractivity contribution in [3.8, 4) is 24.3 Å². The summed E-state index contributed by atoms with van der Waals surface area (Å²) in [7, 11) is 0. The summed E-state index contributed by atoms with van der Waals surface area (Å²) in [6, 6.07) is 6.98. The van der Waals surface area contributed by atoms with Gasteiger partial charge in [-0.2, -0.15) is 21.0 Å². The average molecular weight is 250 g/mol. The minimum atomic E-state index is -1.59. The Bertz CT molecular complexity index is 498. The fraction of sp³-hybridized carbons (Fsp3) is 0.333. The van der Waals surface area contributed by atoms with E-state index in [0.717, 1.165) is 0 Å². The topological polar surface area (TPSA) is 95.2 Å². The summed E-state index contributed by atoms with van der Waals surface area (Å²) < 4.78 is 0. The lowest BCUT2D eigenvalue weighted by atomic mass is 9.76. The van der Waals surface area contributed by atoms with Gasteiger partial charge in [0.25, 0.3) is 0 Å². The van der Waals surface area contributed by atoms with Gasteiger partial charge < -0.3 is 0 Å². The first-order valence-corrected chi connectivity index (χ1v) is 5.75. The SMILES string of the molecule is C/C=C/C=C/C/C=C/CC(C#N)(C#N)C(C#N)C#N. The normalized spacial score (nSPS) is 11.5. The highest BCUT2D eigenvalue weighted by Gasteiger charge is 2.39. The highest BCUT2D eigenvalue weighted by Crippen LogP contribution is 2.30. The number of nitriles is 4. The Morgan fingerprint density at radius 2 is 1.58 bits per heavy atom. The minimum absolute atomic E-state index is 0.0727. The molecule has 0 bridgehead atoms. The van der Waals surface area contributed by atoms with Crippen molar-refractivity contribution in [1.29, 1.82) is 21.0 Å². The summed E-state index contributed by atoms with van der Waals surface area (Å²) in [5, 5.41) is 35.7. The molecule has 0 spiro atoms. The smallest absolute Gasteiger partial charge is 0.176 e. The molecule has 0 aliphatic rings. The van der Waals surface area contributed by atoms with Gasteiger partial charge in [-0.25, -0.2) is 0 Å². The molecule has 0 saturated heterocycles. The van der Waals surface area contributed by atoms with Crippen molar-refractivity contribution in [1.82, 2.24) is 0 Å². The Labute approximate surface area is 113 Å². The maximum Gasteiger partial charge on any atom is 0.176 e. The van der Waals surface area contributed by atoms with Gasteiger partial charge in [0.15, 0.2) is 11.3 Å². The monoisotopic (exact) mass is 250 g/mol. The maximum absolute atomic E-state index is 9.05. The van der Waals surface area contributed by atoms with Crippen LogP contribution in [0.5, 0.6) is 0 Å². The largest absolute Gasteiger partial charge is 0.197 e. The van der Waals surface area contributed by atoms with Crippen LogP contribution in [0.4, 0.5) is 0 Å². The molecule has 0 aliphatic heterocycles. The zero-order valence-corrected chi connectivity index (χ0v) is 10.7. The first-order valence-electron chi connectivity index (χ1n) is 5.75. The highest BCUT2D eigenvalue weighted by atomic mass is 14.5. The van der Waals surface area contributed by atoms with Crippen LogP contribution in [0, 0.1) is 56.7 Å². The summed E-state index contributed by atoms with van der Waals surface area (Å²) in [5.74, 6) is -1.24. The summed E-state index contributed by atoms with van der Waals surface area (Å²) in [6.45, 7) is 1.91. The van der Waals surface area contributed by atoms with Crippen LogP contribution in [-0.4, -0.2) is 0 Å². The average Bonchev–Trinajstić information content (AvgIpc) is 2.45. The Kier molecular flexibility index (Phi) is 7.86. The molecule has 94 valence electrons. The lowest BCUT2D eigenvalue weighted by Crippen LogP contribution is -2.24. The molecule has 0 heterocycles. The molecule has 4 heteroatoms. The van der Waals surface area contributed by atoms with Crippen LogP contribution in [0.2, 0.25) is 0 Å². The second-order valence-corrected chi connectivity index (χ2v) is 3.75. The molecule has 0 aliphatic carbocycles. The molecule has 0 atom stereocenters. The Balaban J connectivity index is 4.70. The van der Waals surface area contributed by atoms with Crippen molar-refractivity contribution in [3.63, 3.8) is 0 Å². The van der Waals surface area contributed by atoms with E-state index in [1.807, 2.05) is 31.2 Å². The van der Waals surface area contributed by atoms with E-state index in [9.17, 15) is 0 Å². The Hall–Kier alpha value is -2.82. The number of rotatable bonds is 6. The first kappa shape index (κ1) is 16.2. The third-order valence-corrected chi connectivity index (χ3v) is 2.47. The third kappa shape index (κ3) is 4.91. The van der Waals surface area contributed by atoms with Gasteiger partial charge in [-0.15, -0.1) is 0 Å². The fourth-order valence-electron chi connectivity index (χ4n) is 1.32. The van der Waals surface area contributed by atoms with Crippen LogP contribution in [-0.2, 0) is 0 Å². The molecule has 19 heavy (non-hydrogen) atoms. The molecule has 0 rings (SSSR count). The zero-order chi connectivity index (χ0) is 14.6. The second-order valence-electron chi connectivity index (χ2n) is 3.75. The van der Waals surface area contributed by atoms with E-state index < -0.39 is 11.3 Å². The van der Waals surface area contributed by atoms with Crippen LogP contribution in [0.3, 0.4) is 0 Å². The van der Waals surface area contributed by atoms with Crippen LogP contribution in [0.25, 0.3) is 0 Å². The fourth-order valence-corrected chi connectivity index (χ4v) is 1.32.